The molecule has 2 rings (SSSR count). The second-order valence-corrected chi connectivity index (χ2v) is 4.72. The molecule has 4 nitrogen and oxygen atoms in total. The molecule has 2 N–H and O–H groups in total. The van der Waals surface area contributed by atoms with Crippen LogP contribution in [0.2, 0.25) is 0 Å². The molecule has 1 aromatic rings. The quantitative estimate of drug-likeness (QED) is 0.777. The van der Waals surface area contributed by atoms with Crippen LogP contribution in [0, 0.1) is 0 Å². The molecule has 0 saturated heterocycles. The van der Waals surface area contributed by atoms with Gasteiger partial charge in [0.15, 0.2) is 5.82 Å². The molecule has 16 heavy (non-hydrogen) atoms. The first-order valence-corrected chi connectivity index (χ1v) is 6.22. The Bertz CT molecular complexity index is 330. The molecule has 88 valence electrons. The maximum Gasteiger partial charge on any atom is 0.167 e. The first kappa shape index (κ1) is 11.5. The van der Waals surface area contributed by atoms with Gasteiger partial charge in [-0.1, -0.05) is 25.7 Å². The fourth-order valence-electron chi connectivity index (χ4n) is 2.30. The molecule has 1 aliphatic rings. The van der Waals surface area contributed by atoms with Gasteiger partial charge in [-0.2, -0.15) is 5.10 Å². The van der Waals surface area contributed by atoms with Crippen LogP contribution < -0.4 is 5.73 Å². The summed E-state index contributed by atoms with van der Waals surface area (Å²) in [6.45, 7) is 1.90. The van der Waals surface area contributed by atoms with Crippen LogP contribution in [0.25, 0.3) is 0 Å². The summed E-state index contributed by atoms with van der Waals surface area (Å²) in [5, 5.41) is 7.99. The molecule has 0 aromatic carbocycles. The van der Waals surface area contributed by atoms with Crippen molar-refractivity contribution >= 4 is 0 Å². The lowest BCUT2D eigenvalue weighted by molar-refractivity contribution is 0.560. The van der Waals surface area contributed by atoms with E-state index in [9.17, 15) is 0 Å². The molecule has 1 aliphatic carbocycles. The number of rotatable bonds is 2. The van der Waals surface area contributed by atoms with Gasteiger partial charge in [-0.15, -0.1) is 5.10 Å². The van der Waals surface area contributed by atoms with E-state index in [1.54, 1.807) is 0 Å². The summed E-state index contributed by atoms with van der Waals surface area (Å²) in [7, 11) is 0. The molecule has 0 aliphatic heterocycles. The minimum Gasteiger partial charge on any atom is -0.321 e. The number of aromatic nitrogens is 3. The fourth-order valence-corrected chi connectivity index (χ4v) is 2.30. The largest absolute Gasteiger partial charge is 0.321 e. The van der Waals surface area contributed by atoms with Crippen LogP contribution in [-0.2, 0) is 0 Å². The second kappa shape index (κ2) is 5.34. The fraction of sp³-hybridized carbons (Fsp3) is 0.750. The van der Waals surface area contributed by atoms with E-state index in [0.29, 0.717) is 11.7 Å². The zero-order valence-electron chi connectivity index (χ0n) is 9.89. The lowest BCUT2D eigenvalue weighted by Gasteiger charge is -2.13. The van der Waals surface area contributed by atoms with Crippen molar-refractivity contribution in [1.82, 2.24) is 15.2 Å². The van der Waals surface area contributed by atoms with Gasteiger partial charge in [-0.05, 0) is 19.8 Å². The van der Waals surface area contributed by atoms with Crippen molar-refractivity contribution < 1.29 is 0 Å². The summed E-state index contributed by atoms with van der Waals surface area (Å²) in [5.74, 6) is 1.23. The predicted molar refractivity (Wildman–Crippen MR) is 62.9 cm³/mol. The van der Waals surface area contributed by atoms with Crippen LogP contribution in [0.3, 0.4) is 0 Å². The van der Waals surface area contributed by atoms with Crippen LogP contribution in [0.5, 0.6) is 0 Å². The smallest absolute Gasteiger partial charge is 0.167 e. The van der Waals surface area contributed by atoms with Gasteiger partial charge in [0.2, 0.25) is 0 Å². The van der Waals surface area contributed by atoms with E-state index in [1.807, 2.05) is 13.1 Å². The van der Waals surface area contributed by atoms with E-state index in [0.717, 1.165) is 5.69 Å². The summed E-state index contributed by atoms with van der Waals surface area (Å²) < 4.78 is 0. The Morgan fingerprint density at radius 3 is 2.56 bits per heavy atom. The maximum atomic E-state index is 5.78. The number of hydrogen-bond acceptors (Lipinski definition) is 4. The van der Waals surface area contributed by atoms with E-state index < -0.39 is 0 Å². The summed E-state index contributed by atoms with van der Waals surface area (Å²) in [5.41, 5.74) is 6.87. The van der Waals surface area contributed by atoms with Gasteiger partial charge in [0.1, 0.15) is 0 Å². The Kier molecular flexibility index (Phi) is 3.83. The molecule has 1 saturated carbocycles. The first-order chi connectivity index (χ1) is 7.77. The van der Waals surface area contributed by atoms with Crippen LogP contribution in [0.1, 0.15) is 68.9 Å². The SMILES string of the molecule is CC(N)c1nncc(C2CCCCCC2)n1. The zero-order valence-corrected chi connectivity index (χ0v) is 9.89. The summed E-state index contributed by atoms with van der Waals surface area (Å²) >= 11 is 0. The van der Waals surface area contributed by atoms with Gasteiger partial charge in [-0.25, -0.2) is 4.98 Å². The molecule has 1 atom stereocenters. The van der Waals surface area contributed by atoms with E-state index in [-0.39, 0.29) is 6.04 Å². The minimum atomic E-state index is -0.127. The molecular weight excluding hydrogens is 200 g/mol. The van der Waals surface area contributed by atoms with Crippen molar-refractivity contribution in [2.24, 2.45) is 5.73 Å². The van der Waals surface area contributed by atoms with E-state index in [1.165, 1.54) is 38.5 Å². The Labute approximate surface area is 96.7 Å². The van der Waals surface area contributed by atoms with Crippen molar-refractivity contribution in [3.63, 3.8) is 0 Å². The lowest BCUT2D eigenvalue weighted by atomic mass is 9.97. The molecule has 1 unspecified atom stereocenters. The van der Waals surface area contributed by atoms with Crippen LogP contribution in [0.4, 0.5) is 0 Å². The van der Waals surface area contributed by atoms with Crippen molar-refractivity contribution in [3.8, 4) is 0 Å². The van der Waals surface area contributed by atoms with Crippen molar-refractivity contribution in [1.29, 1.82) is 0 Å². The average Bonchev–Trinajstić information content (AvgIpc) is 2.57. The van der Waals surface area contributed by atoms with Crippen molar-refractivity contribution in [2.45, 2.75) is 57.4 Å². The molecule has 0 amide bonds. The molecule has 0 bridgehead atoms. The highest BCUT2D eigenvalue weighted by molar-refractivity contribution is 5.06. The van der Waals surface area contributed by atoms with Crippen molar-refractivity contribution in [2.75, 3.05) is 0 Å². The third-order valence-corrected chi connectivity index (χ3v) is 3.27. The third kappa shape index (κ3) is 2.76. The lowest BCUT2D eigenvalue weighted by Crippen LogP contribution is -2.13. The van der Waals surface area contributed by atoms with Gasteiger partial charge >= 0.3 is 0 Å². The molecule has 1 aromatic heterocycles. The Morgan fingerprint density at radius 2 is 1.94 bits per heavy atom. The number of nitrogens with zero attached hydrogens (tertiary/aromatic N) is 3. The minimum absolute atomic E-state index is 0.127. The Hall–Kier alpha value is -1.03. The highest BCUT2D eigenvalue weighted by atomic mass is 15.2. The second-order valence-electron chi connectivity index (χ2n) is 4.72. The summed E-state index contributed by atoms with van der Waals surface area (Å²) in [4.78, 5) is 4.54. The van der Waals surface area contributed by atoms with Crippen molar-refractivity contribution in [3.05, 3.63) is 17.7 Å². The standard InChI is InChI=1S/C12H20N4/c1-9(13)12-15-11(8-14-16-12)10-6-4-2-3-5-7-10/h8-10H,2-7,13H2,1H3. The maximum absolute atomic E-state index is 5.78. The molecule has 0 spiro atoms. The zero-order chi connectivity index (χ0) is 11.4. The summed E-state index contributed by atoms with van der Waals surface area (Å²) in [6, 6.07) is -0.127. The predicted octanol–water partition coefficient (Wildman–Crippen LogP) is 2.33. The van der Waals surface area contributed by atoms with E-state index >= 15 is 0 Å². The number of hydrogen-bond donors (Lipinski definition) is 1. The Morgan fingerprint density at radius 1 is 1.25 bits per heavy atom. The van der Waals surface area contributed by atoms with Crippen LogP contribution in [-0.4, -0.2) is 15.2 Å². The van der Waals surface area contributed by atoms with Crippen LogP contribution in [0.15, 0.2) is 6.20 Å². The van der Waals surface area contributed by atoms with Gasteiger partial charge in [0.05, 0.1) is 17.9 Å². The molecule has 1 fully saturated rings. The molecule has 1 heterocycles. The summed E-state index contributed by atoms with van der Waals surface area (Å²) in [6.07, 6.45) is 9.60. The topological polar surface area (TPSA) is 64.7 Å². The monoisotopic (exact) mass is 220 g/mol. The third-order valence-electron chi connectivity index (χ3n) is 3.27. The van der Waals surface area contributed by atoms with Gasteiger partial charge < -0.3 is 5.73 Å². The van der Waals surface area contributed by atoms with Gasteiger partial charge in [-0.3, -0.25) is 0 Å². The normalized spacial score (nSPS) is 20.4. The molecular formula is C12H20N4. The number of nitrogens with two attached hydrogens (primary N) is 1. The first-order valence-electron chi connectivity index (χ1n) is 6.22. The van der Waals surface area contributed by atoms with Gasteiger partial charge in [0, 0.05) is 5.92 Å². The highest BCUT2D eigenvalue weighted by Crippen LogP contribution is 2.30. The van der Waals surface area contributed by atoms with Crippen LogP contribution >= 0.6 is 0 Å². The average molecular weight is 220 g/mol. The molecule has 4 heteroatoms. The van der Waals surface area contributed by atoms with E-state index in [2.05, 4.69) is 15.2 Å². The van der Waals surface area contributed by atoms with E-state index in [4.69, 9.17) is 5.73 Å². The Balaban J connectivity index is 2.15. The molecule has 0 radical (unpaired) electrons. The van der Waals surface area contributed by atoms with Gasteiger partial charge in [0.25, 0.3) is 0 Å². The highest BCUT2D eigenvalue weighted by Gasteiger charge is 2.17.